The minimum absolute atomic E-state index is 0.533. The molecule has 0 bridgehead atoms. The third-order valence-electron chi connectivity index (χ3n) is 2.11. The van der Waals surface area contributed by atoms with E-state index in [-0.39, 0.29) is 0 Å². The van der Waals surface area contributed by atoms with Crippen LogP contribution in [0.3, 0.4) is 0 Å². The van der Waals surface area contributed by atoms with Gasteiger partial charge in [0.25, 0.3) is 14.7 Å². The van der Waals surface area contributed by atoms with Gasteiger partial charge in [-0.2, -0.15) is 0 Å². The summed E-state index contributed by atoms with van der Waals surface area (Å²) in [5.41, 5.74) is 0. The van der Waals surface area contributed by atoms with Crippen molar-refractivity contribution in [3.8, 4) is 0 Å². The Morgan fingerprint density at radius 1 is 0.560 bits per heavy atom. The fourth-order valence-corrected chi connectivity index (χ4v) is 3.17. The van der Waals surface area contributed by atoms with Crippen molar-refractivity contribution < 1.29 is 62.3 Å². The van der Waals surface area contributed by atoms with Crippen LogP contribution in [0.2, 0.25) is 0 Å². The molecule has 0 amide bonds. The van der Waals surface area contributed by atoms with Crippen LogP contribution in [-0.4, -0.2) is 83.4 Å². The Kier molecular flexibility index (Phi) is 12.8. The quantitative estimate of drug-likeness (QED) is 0.119. The monoisotopic (exact) mass is 432 g/mol. The maximum Gasteiger partial charge on any atom is 0.250 e. The van der Waals surface area contributed by atoms with Crippen molar-refractivity contribution in [1.29, 1.82) is 0 Å². The smallest absolute Gasteiger partial charge is 0.250 e. The summed E-state index contributed by atoms with van der Waals surface area (Å²) < 4.78 is 57.1. The molecule has 0 spiro atoms. The Morgan fingerprint density at radius 2 is 0.880 bits per heavy atom. The highest BCUT2D eigenvalue weighted by Gasteiger charge is 2.21. The first-order valence-corrected chi connectivity index (χ1v) is 12.7. The van der Waals surface area contributed by atoms with Gasteiger partial charge in [-0.15, -0.1) is 0 Å². The summed E-state index contributed by atoms with van der Waals surface area (Å²) in [6.45, 7) is -1.78. The molecule has 0 heterocycles. The van der Waals surface area contributed by atoms with Crippen LogP contribution in [0.25, 0.3) is 0 Å². The first-order valence-electron chi connectivity index (χ1n) is 6.56. The first kappa shape index (κ1) is 25.3. The normalized spacial score (nSPS) is 19.1. The zero-order chi connectivity index (χ0) is 19.4. The van der Waals surface area contributed by atoms with E-state index in [0.717, 1.165) is 0 Å². The van der Waals surface area contributed by atoms with Gasteiger partial charge in [-0.05, 0) is 0 Å². The molecule has 3 unspecified atom stereocenters. The number of aliphatic hydroxyl groups is 2. The maximum atomic E-state index is 11.6. The van der Waals surface area contributed by atoms with Crippen molar-refractivity contribution in [2.75, 3.05) is 58.5 Å². The Labute approximate surface area is 143 Å². The zero-order valence-electron chi connectivity index (χ0n) is 13.2. The highest BCUT2D eigenvalue weighted by molar-refractivity contribution is 7.58. The fourth-order valence-electron chi connectivity index (χ4n) is 1.14. The molecular formula is C9H23O13P3. The number of rotatable bonds is 16. The zero-order valence-corrected chi connectivity index (χ0v) is 15.9. The molecule has 16 heteroatoms. The van der Waals surface area contributed by atoms with Crippen molar-refractivity contribution in [3.63, 3.8) is 0 Å². The van der Waals surface area contributed by atoms with E-state index < -0.39 is 80.6 Å². The summed E-state index contributed by atoms with van der Waals surface area (Å²) in [6.07, 6.45) is -4.17. The Morgan fingerprint density at radius 3 is 1.20 bits per heavy atom. The molecule has 25 heavy (non-hydrogen) atoms. The van der Waals surface area contributed by atoms with Crippen molar-refractivity contribution in [3.05, 3.63) is 0 Å². The average molecular weight is 432 g/mol. The molecule has 13 nitrogen and oxygen atoms in total. The summed E-state index contributed by atoms with van der Waals surface area (Å²) in [5, 5.41) is 16.9. The molecule has 0 aromatic carbocycles. The van der Waals surface area contributed by atoms with E-state index >= 15 is 0 Å². The molecule has 5 N–H and O–H groups in total. The lowest BCUT2D eigenvalue weighted by molar-refractivity contribution is -0.0361. The second-order valence-corrected chi connectivity index (χ2v) is 11.4. The molecule has 0 aliphatic rings. The van der Waals surface area contributed by atoms with Gasteiger partial charge >= 0.3 is 0 Å². The van der Waals surface area contributed by atoms with E-state index in [1.54, 1.807) is 0 Å². The topological polar surface area (TPSA) is 199 Å². The van der Waals surface area contributed by atoms with Crippen molar-refractivity contribution >= 4 is 22.1 Å². The van der Waals surface area contributed by atoms with E-state index in [1.165, 1.54) is 0 Å². The Balaban J connectivity index is 3.79. The van der Waals surface area contributed by atoms with Crippen LogP contribution in [0.15, 0.2) is 0 Å². The highest BCUT2D eigenvalue weighted by Crippen LogP contribution is 2.42. The van der Waals surface area contributed by atoms with Gasteiger partial charge in [-0.25, -0.2) is 0 Å². The number of aliphatic hydroxyl groups excluding tert-OH is 2. The third-order valence-corrected chi connectivity index (χ3v) is 5.48. The molecule has 0 aliphatic heterocycles. The second kappa shape index (κ2) is 12.6. The van der Waals surface area contributed by atoms with E-state index in [1.807, 2.05) is 0 Å². The van der Waals surface area contributed by atoms with Crippen LogP contribution >= 0.6 is 22.1 Å². The van der Waals surface area contributed by atoms with E-state index in [0.29, 0.717) is 0 Å². The molecule has 0 radical (unpaired) electrons. The Hall–Kier alpha value is 0.290. The van der Waals surface area contributed by atoms with E-state index in [2.05, 4.69) is 9.47 Å². The summed E-state index contributed by atoms with van der Waals surface area (Å²) >= 11 is 0. The molecule has 152 valence electrons. The maximum absolute atomic E-state index is 11.6. The molecule has 0 saturated heterocycles. The van der Waals surface area contributed by atoms with Gasteiger partial charge in [0.1, 0.15) is 58.5 Å². The summed E-state index contributed by atoms with van der Waals surface area (Å²) in [7, 11) is -11.4. The molecule has 0 fully saturated rings. The van der Waals surface area contributed by atoms with E-state index in [4.69, 9.17) is 29.3 Å². The molecule has 0 aliphatic carbocycles. The predicted octanol–water partition coefficient (Wildman–Crippen LogP) is -0.517. The van der Waals surface area contributed by atoms with Gasteiger partial charge in [0, 0.05) is 0 Å². The molecule has 3 atom stereocenters. The van der Waals surface area contributed by atoms with Crippen LogP contribution in [0.1, 0.15) is 0 Å². The lowest BCUT2D eigenvalue weighted by atomic mass is 11.3. The molecule has 0 saturated carbocycles. The predicted molar refractivity (Wildman–Crippen MR) is 83.1 cm³/mol. The number of hydrogen-bond donors (Lipinski definition) is 5. The third kappa shape index (κ3) is 15.1. The van der Waals surface area contributed by atoms with Gasteiger partial charge < -0.3 is 48.6 Å². The van der Waals surface area contributed by atoms with Gasteiger partial charge in [0.15, 0.2) is 0 Å². The molecule has 0 aromatic rings. The second-order valence-electron chi connectivity index (χ2n) is 4.71. The van der Waals surface area contributed by atoms with Gasteiger partial charge in [-0.3, -0.25) is 13.7 Å². The lowest BCUT2D eigenvalue weighted by Crippen LogP contribution is -2.09. The summed E-state index contributed by atoms with van der Waals surface area (Å²) in [5.74, 6) is 0. The summed E-state index contributed by atoms with van der Waals surface area (Å²) in [6, 6.07) is 0. The molecular weight excluding hydrogens is 409 g/mol. The number of ether oxygens (including phenoxy) is 5. The average Bonchev–Trinajstić information content (AvgIpc) is 2.52. The molecule has 0 rings (SSSR count). The van der Waals surface area contributed by atoms with Gasteiger partial charge in [-0.1, -0.05) is 0 Å². The standard InChI is InChI=1S/C9H23O13P3/c10-1-18-5-24(14,15)7-21-4-22-9-25(16,17)8-20-3-19-6-23(12,13)2-11/h10-11H,1-9H2,(H,12,13)(H,14,15)(H,16,17). The SMILES string of the molecule is O=P(O)(CO)COCOCP(=O)(O)COCOCP(=O)(O)COCO. The van der Waals surface area contributed by atoms with Crippen molar-refractivity contribution in [1.82, 2.24) is 0 Å². The van der Waals surface area contributed by atoms with Gasteiger partial charge in [0.2, 0.25) is 7.37 Å². The van der Waals surface area contributed by atoms with Crippen molar-refractivity contribution in [2.24, 2.45) is 0 Å². The van der Waals surface area contributed by atoms with Crippen LogP contribution in [0.4, 0.5) is 0 Å². The van der Waals surface area contributed by atoms with Crippen LogP contribution in [0.5, 0.6) is 0 Å². The summed E-state index contributed by atoms with van der Waals surface area (Å²) in [4.78, 5) is 27.8. The van der Waals surface area contributed by atoms with Crippen molar-refractivity contribution in [2.45, 2.75) is 0 Å². The van der Waals surface area contributed by atoms with E-state index in [9.17, 15) is 23.5 Å². The molecule has 0 aromatic heterocycles. The fraction of sp³-hybridized carbons (Fsp3) is 1.00. The number of hydrogen-bond acceptors (Lipinski definition) is 10. The minimum atomic E-state index is -3.85. The largest absolute Gasteiger partial charge is 0.386 e. The van der Waals surface area contributed by atoms with Gasteiger partial charge in [0.05, 0.1) is 0 Å². The first-order chi connectivity index (χ1) is 11.5. The minimum Gasteiger partial charge on any atom is -0.386 e. The van der Waals surface area contributed by atoms with Crippen LogP contribution in [-0.2, 0) is 37.4 Å². The highest BCUT2D eigenvalue weighted by atomic mass is 31.2. The Bertz CT molecular complexity index is 497. The van der Waals surface area contributed by atoms with Crippen LogP contribution < -0.4 is 0 Å². The lowest BCUT2D eigenvalue weighted by Gasteiger charge is -2.14. The van der Waals surface area contributed by atoms with Crippen LogP contribution in [0, 0.1) is 0 Å².